The highest BCUT2D eigenvalue weighted by Gasteiger charge is 2.62. The van der Waals surface area contributed by atoms with E-state index in [-0.39, 0.29) is 22.9 Å². The maximum Gasteiger partial charge on any atom is 0.339 e. The largest absolute Gasteiger partial charge is 0.458 e. The zero-order valence-corrected chi connectivity index (χ0v) is 15.1. The molecule has 2 aliphatic rings. The van der Waals surface area contributed by atoms with Crippen LogP contribution >= 0.6 is 28.6 Å². The van der Waals surface area contributed by atoms with Crippen LogP contribution in [0.2, 0.25) is 0 Å². The van der Waals surface area contributed by atoms with Crippen LogP contribution in [-0.2, 0) is 4.74 Å². The topological polar surface area (TPSA) is 26.3 Å². The summed E-state index contributed by atoms with van der Waals surface area (Å²) in [5.74, 6) is 0.419. The zero-order chi connectivity index (χ0) is 15.4. The Bertz CT molecular complexity index is 598. The van der Waals surface area contributed by atoms with Gasteiger partial charge in [-0.05, 0) is 48.8 Å². The quantitative estimate of drug-likeness (QED) is 0.579. The number of thiol groups is 1. The zero-order valence-electron chi connectivity index (χ0n) is 12.6. The number of fused-ring (bicyclic) bond motifs is 2. The van der Waals surface area contributed by atoms with Crippen LogP contribution in [-0.4, -0.2) is 12.1 Å². The summed E-state index contributed by atoms with van der Waals surface area (Å²) < 4.78 is 6.80. The van der Waals surface area contributed by atoms with E-state index in [0.717, 1.165) is 17.3 Å². The lowest BCUT2D eigenvalue weighted by molar-refractivity contribution is -0.0245. The van der Waals surface area contributed by atoms with Gasteiger partial charge in [0.2, 0.25) is 0 Å². The van der Waals surface area contributed by atoms with Crippen LogP contribution in [0.3, 0.4) is 0 Å². The van der Waals surface area contributed by atoms with Crippen LogP contribution < -0.4 is 0 Å². The first kappa shape index (κ1) is 15.4. The molecule has 0 heterocycles. The number of carbonyl (C=O) groups excluding carboxylic acids is 1. The predicted octanol–water partition coefficient (Wildman–Crippen LogP) is 5.11. The number of carbonyl (C=O) groups is 1. The van der Waals surface area contributed by atoms with Crippen LogP contribution in [0.1, 0.15) is 50.4 Å². The summed E-state index contributed by atoms with van der Waals surface area (Å²) >= 11 is 7.76. The van der Waals surface area contributed by atoms with E-state index in [9.17, 15) is 4.79 Å². The highest BCUT2D eigenvalue weighted by molar-refractivity contribution is 9.10. The molecule has 0 saturated heterocycles. The van der Waals surface area contributed by atoms with Crippen molar-refractivity contribution in [2.45, 2.75) is 51.0 Å². The SMILES string of the molecule is CC1(C)C2CCC1(C)C(OC(=O)c1ccc(Br)cc1S)C2. The highest BCUT2D eigenvalue weighted by atomic mass is 79.9. The summed E-state index contributed by atoms with van der Waals surface area (Å²) in [5.41, 5.74) is 0.895. The fourth-order valence-corrected chi connectivity index (χ4v) is 5.02. The standard InChI is InChI=1S/C17H21BrO2S/c1-16(2)10-6-7-17(16,3)14(8-10)20-15(19)12-5-4-11(18)9-13(12)21/h4-5,9-10,14,21H,6-8H2,1-3H3. The van der Waals surface area contributed by atoms with Gasteiger partial charge in [0, 0.05) is 14.8 Å². The highest BCUT2D eigenvalue weighted by Crippen LogP contribution is 2.66. The fraction of sp³-hybridized carbons (Fsp3) is 0.588. The number of hydrogen-bond donors (Lipinski definition) is 1. The molecule has 0 aliphatic heterocycles. The molecule has 0 aromatic heterocycles. The molecular formula is C17H21BrO2S. The van der Waals surface area contributed by atoms with E-state index >= 15 is 0 Å². The molecular weight excluding hydrogens is 348 g/mol. The van der Waals surface area contributed by atoms with Crippen molar-refractivity contribution in [3.05, 3.63) is 28.2 Å². The second-order valence-electron chi connectivity index (χ2n) is 7.17. The minimum atomic E-state index is -0.248. The molecule has 1 aromatic rings. The summed E-state index contributed by atoms with van der Waals surface area (Å²) in [4.78, 5) is 13.1. The Balaban J connectivity index is 1.80. The van der Waals surface area contributed by atoms with Gasteiger partial charge in [0.25, 0.3) is 0 Å². The van der Waals surface area contributed by atoms with Crippen LogP contribution in [0.15, 0.2) is 27.6 Å². The smallest absolute Gasteiger partial charge is 0.339 e. The van der Waals surface area contributed by atoms with Crippen LogP contribution in [0.25, 0.3) is 0 Å². The third-order valence-corrected chi connectivity index (χ3v) is 7.01. The second kappa shape index (κ2) is 5.02. The van der Waals surface area contributed by atoms with Crippen molar-refractivity contribution in [1.29, 1.82) is 0 Å². The van der Waals surface area contributed by atoms with Gasteiger partial charge in [-0.1, -0.05) is 36.7 Å². The van der Waals surface area contributed by atoms with Gasteiger partial charge in [-0.15, -0.1) is 12.6 Å². The maximum absolute atomic E-state index is 12.5. The number of rotatable bonds is 2. The molecule has 21 heavy (non-hydrogen) atoms. The first-order chi connectivity index (χ1) is 9.75. The Morgan fingerprint density at radius 3 is 2.62 bits per heavy atom. The molecule has 0 amide bonds. The maximum atomic E-state index is 12.5. The van der Waals surface area contributed by atoms with E-state index in [2.05, 4.69) is 49.3 Å². The first-order valence-electron chi connectivity index (χ1n) is 7.45. The van der Waals surface area contributed by atoms with Crippen LogP contribution in [0.4, 0.5) is 0 Å². The summed E-state index contributed by atoms with van der Waals surface area (Å²) in [6.45, 7) is 6.92. The minimum Gasteiger partial charge on any atom is -0.458 e. The molecule has 3 unspecified atom stereocenters. The molecule has 114 valence electrons. The molecule has 2 fully saturated rings. The number of benzene rings is 1. The molecule has 2 nitrogen and oxygen atoms in total. The van der Waals surface area contributed by atoms with Crippen molar-refractivity contribution in [3.8, 4) is 0 Å². The number of ether oxygens (including phenoxy) is 1. The van der Waals surface area contributed by atoms with Gasteiger partial charge in [0.15, 0.2) is 0 Å². The van der Waals surface area contributed by atoms with E-state index in [1.54, 1.807) is 6.07 Å². The van der Waals surface area contributed by atoms with Crippen molar-refractivity contribution >= 4 is 34.5 Å². The van der Waals surface area contributed by atoms with E-state index in [0.29, 0.717) is 16.4 Å². The molecule has 3 rings (SSSR count). The Labute approximate surface area is 140 Å². The lowest BCUT2D eigenvalue weighted by Crippen LogP contribution is -2.38. The van der Waals surface area contributed by atoms with Crippen molar-refractivity contribution in [3.63, 3.8) is 0 Å². The van der Waals surface area contributed by atoms with Crippen molar-refractivity contribution in [2.24, 2.45) is 16.7 Å². The Kier molecular flexibility index (Phi) is 3.69. The molecule has 1 aromatic carbocycles. The molecule has 2 aliphatic carbocycles. The van der Waals surface area contributed by atoms with Crippen molar-refractivity contribution in [1.82, 2.24) is 0 Å². The summed E-state index contributed by atoms with van der Waals surface area (Å²) in [7, 11) is 0. The second-order valence-corrected chi connectivity index (χ2v) is 8.56. The van der Waals surface area contributed by atoms with E-state index < -0.39 is 0 Å². The lowest BCUT2D eigenvalue weighted by atomic mass is 9.70. The van der Waals surface area contributed by atoms with Gasteiger partial charge in [-0.2, -0.15) is 0 Å². The van der Waals surface area contributed by atoms with Crippen LogP contribution in [0.5, 0.6) is 0 Å². The minimum absolute atomic E-state index is 0.0233. The normalized spacial score (nSPS) is 33.2. The molecule has 4 heteroatoms. The average Bonchev–Trinajstić information content (AvgIpc) is 2.71. The van der Waals surface area contributed by atoms with Gasteiger partial charge in [-0.25, -0.2) is 4.79 Å². The van der Waals surface area contributed by atoms with Gasteiger partial charge in [0.1, 0.15) is 6.10 Å². The van der Waals surface area contributed by atoms with E-state index in [4.69, 9.17) is 4.74 Å². The molecule has 0 spiro atoms. The summed E-state index contributed by atoms with van der Waals surface area (Å²) in [6, 6.07) is 5.45. The van der Waals surface area contributed by atoms with Gasteiger partial charge < -0.3 is 4.74 Å². The molecule has 2 bridgehead atoms. The third-order valence-electron chi connectivity index (χ3n) is 6.14. The number of hydrogen-bond acceptors (Lipinski definition) is 3. The number of esters is 1. The van der Waals surface area contributed by atoms with E-state index in [1.165, 1.54) is 6.42 Å². The Morgan fingerprint density at radius 2 is 2.10 bits per heavy atom. The molecule has 0 radical (unpaired) electrons. The lowest BCUT2D eigenvalue weighted by Gasteiger charge is -2.38. The monoisotopic (exact) mass is 368 g/mol. The molecule has 0 N–H and O–H groups in total. The van der Waals surface area contributed by atoms with Gasteiger partial charge >= 0.3 is 5.97 Å². The first-order valence-corrected chi connectivity index (χ1v) is 8.69. The van der Waals surface area contributed by atoms with Gasteiger partial charge in [-0.3, -0.25) is 0 Å². The number of halogens is 1. The molecule has 2 saturated carbocycles. The molecule has 3 atom stereocenters. The predicted molar refractivity (Wildman–Crippen MR) is 89.8 cm³/mol. The van der Waals surface area contributed by atoms with Gasteiger partial charge in [0.05, 0.1) is 5.56 Å². The fourth-order valence-electron chi connectivity index (χ4n) is 4.18. The van der Waals surface area contributed by atoms with E-state index in [1.807, 2.05) is 12.1 Å². The Hall–Kier alpha value is -0.480. The Morgan fingerprint density at radius 1 is 1.38 bits per heavy atom. The summed E-state index contributed by atoms with van der Waals surface area (Å²) in [6.07, 6.45) is 3.42. The van der Waals surface area contributed by atoms with Crippen molar-refractivity contribution in [2.75, 3.05) is 0 Å². The average molecular weight is 369 g/mol. The summed E-state index contributed by atoms with van der Waals surface area (Å²) in [5, 5.41) is 0. The van der Waals surface area contributed by atoms with Crippen molar-refractivity contribution < 1.29 is 9.53 Å². The third kappa shape index (κ3) is 2.26. The van der Waals surface area contributed by atoms with Crippen LogP contribution in [0, 0.1) is 16.7 Å².